The minimum atomic E-state index is -1.00. The molecule has 5 heteroatoms. The van der Waals surface area contributed by atoms with Gasteiger partial charge in [-0.15, -0.1) is 0 Å². The Hall–Kier alpha value is -1.62. The molecular formula is C13H21N3O2. The molecule has 18 heavy (non-hydrogen) atoms. The maximum Gasteiger partial charge on any atom is 0.354 e. The topological polar surface area (TPSA) is 65.5 Å². The quantitative estimate of drug-likeness (QED) is 0.775. The van der Waals surface area contributed by atoms with Crippen molar-refractivity contribution in [3.63, 3.8) is 0 Å². The van der Waals surface area contributed by atoms with E-state index in [9.17, 15) is 4.79 Å². The fraction of sp³-hybridized carbons (Fsp3) is 0.538. The molecule has 0 fully saturated rings. The highest BCUT2D eigenvalue weighted by Gasteiger charge is 2.07. The van der Waals surface area contributed by atoms with E-state index in [1.807, 2.05) is 0 Å². The Morgan fingerprint density at radius 3 is 2.89 bits per heavy atom. The van der Waals surface area contributed by atoms with Crippen molar-refractivity contribution in [3.05, 3.63) is 23.9 Å². The standard InChI is InChI=1S/C13H21N3O2/c1-4-10(2)16(3)9-8-14-12-7-5-6-11(15-12)13(17)18/h5-7,10H,4,8-9H2,1-3H3,(H,14,15)(H,17,18). The fourth-order valence-electron chi connectivity index (χ4n) is 1.54. The van der Waals surface area contributed by atoms with Crippen LogP contribution in [0.3, 0.4) is 0 Å². The smallest absolute Gasteiger partial charge is 0.354 e. The normalized spacial score (nSPS) is 12.4. The number of hydrogen-bond acceptors (Lipinski definition) is 4. The average Bonchev–Trinajstić information content (AvgIpc) is 2.38. The minimum absolute atomic E-state index is 0.0651. The van der Waals surface area contributed by atoms with Crippen molar-refractivity contribution >= 4 is 11.8 Å². The lowest BCUT2D eigenvalue weighted by Crippen LogP contribution is -2.32. The molecule has 1 rings (SSSR count). The minimum Gasteiger partial charge on any atom is -0.477 e. The monoisotopic (exact) mass is 251 g/mol. The van der Waals surface area contributed by atoms with E-state index in [0.717, 1.165) is 19.5 Å². The lowest BCUT2D eigenvalue weighted by atomic mass is 10.2. The van der Waals surface area contributed by atoms with E-state index >= 15 is 0 Å². The predicted octanol–water partition coefficient (Wildman–Crippen LogP) is 1.92. The van der Waals surface area contributed by atoms with Crippen LogP contribution in [0.5, 0.6) is 0 Å². The first-order valence-electron chi connectivity index (χ1n) is 6.19. The molecule has 2 N–H and O–H groups in total. The molecule has 1 aromatic rings. The fourth-order valence-corrected chi connectivity index (χ4v) is 1.54. The molecule has 0 saturated carbocycles. The Labute approximate surface area is 108 Å². The Kier molecular flexibility index (Phi) is 5.58. The van der Waals surface area contributed by atoms with Gasteiger partial charge < -0.3 is 15.3 Å². The van der Waals surface area contributed by atoms with Crippen molar-refractivity contribution in [1.82, 2.24) is 9.88 Å². The molecule has 5 nitrogen and oxygen atoms in total. The number of hydrogen-bond donors (Lipinski definition) is 2. The van der Waals surface area contributed by atoms with Crippen molar-refractivity contribution in [2.45, 2.75) is 26.3 Å². The van der Waals surface area contributed by atoms with Gasteiger partial charge in [0.15, 0.2) is 5.69 Å². The van der Waals surface area contributed by atoms with Crippen LogP contribution in [0.2, 0.25) is 0 Å². The largest absolute Gasteiger partial charge is 0.477 e. The van der Waals surface area contributed by atoms with Crippen LogP contribution in [0.4, 0.5) is 5.82 Å². The maximum absolute atomic E-state index is 10.8. The van der Waals surface area contributed by atoms with E-state index in [1.54, 1.807) is 12.1 Å². The average molecular weight is 251 g/mol. The number of pyridine rings is 1. The van der Waals surface area contributed by atoms with Gasteiger partial charge in [-0.3, -0.25) is 0 Å². The summed E-state index contributed by atoms with van der Waals surface area (Å²) in [4.78, 5) is 17.0. The van der Waals surface area contributed by atoms with Crippen LogP contribution in [0, 0.1) is 0 Å². The summed E-state index contributed by atoms with van der Waals surface area (Å²) in [5.41, 5.74) is 0.0651. The molecule has 0 amide bonds. The lowest BCUT2D eigenvalue weighted by molar-refractivity contribution is 0.0690. The summed E-state index contributed by atoms with van der Waals surface area (Å²) in [6, 6.07) is 5.50. The lowest BCUT2D eigenvalue weighted by Gasteiger charge is -2.23. The van der Waals surface area contributed by atoms with Crippen molar-refractivity contribution in [3.8, 4) is 0 Å². The van der Waals surface area contributed by atoms with Crippen LogP contribution in [0.15, 0.2) is 18.2 Å². The summed E-state index contributed by atoms with van der Waals surface area (Å²) in [5, 5.41) is 12.0. The number of aromatic carboxylic acids is 1. The van der Waals surface area contributed by atoms with Gasteiger partial charge >= 0.3 is 5.97 Å². The number of carbonyl (C=O) groups is 1. The number of rotatable bonds is 7. The molecule has 0 aliphatic heterocycles. The van der Waals surface area contributed by atoms with E-state index in [0.29, 0.717) is 11.9 Å². The van der Waals surface area contributed by atoms with Crippen LogP contribution < -0.4 is 5.32 Å². The highest BCUT2D eigenvalue weighted by Crippen LogP contribution is 2.05. The van der Waals surface area contributed by atoms with Gasteiger partial charge in [0.05, 0.1) is 0 Å². The molecule has 0 radical (unpaired) electrons. The first-order valence-corrected chi connectivity index (χ1v) is 6.19. The summed E-state index contributed by atoms with van der Waals surface area (Å²) in [6.07, 6.45) is 1.11. The van der Waals surface area contributed by atoms with E-state index in [4.69, 9.17) is 5.11 Å². The summed E-state index contributed by atoms with van der Waals surface area (Å²) >= 11 is 0. The number of likely N-dealkylation sites (N-methyl/N-ethyl adjacent to an activating group) is 1. The molecule has 0 spiro atoms. The number of aromatic nitrogens is 1. The molecule has 0 aliphatic carbocycles. The van der Waals surface area contributed by atoms with Gasteiger partial charge in [0, 0.05) is 19.1 Å². The van der Waals surface area contributed by atoms with Crippen LogP contribution >= 0.6 is 0 Å². The molecule has 1 heterocycles. The molecule has 0 aliphatic rings. The van der Waals surface area contributed by atoms with Crippen molar-refractivity contribution < 1.29 is 9.90 Å². The second-order valence-corrected chi connectivity index (χ2v) is 4.38. The Bertz CT molecular complexity index is 396. The SMILES string of the molecule is CCC(C)N(C)CCNc1cccc(C(=O)O)n1. The van der Waals surface area contributed by atoms with Gasteiger partial charge in [-0.2, -0.15) is 0 Å². The van der Waals surface area contributed by atoms with Crippen LogP contribution in [-0.4, -0.2) is 47.1 Å². The van der Waals surface area contributed by atoms with E-state index in [2.05, 4.69) is 36.1 Å². The first-order chi connectivity index (χ1) is 8.54. The first kappa shape index (κ1) is 14.4. The third-order valence-corrected chi connectivity index (χ3v) is 3.08. The molecule has 0 aromatic carbocycles. The summed E-state index contributed by atoms with van der Waals surface area (Å²) < 4.78 is 0. The molecule has 0 saturated heterocycles. The Morgan fingerprint density at radius 1 is 1.56 bits per heavy atom. The van der Waals surface area contributed by atoms with Gasteiger partial charge in [-0.1, -0.05) is 13.0 Å². The van der Waals surface area contributed by atoms with E-state index in [-0.39, 0.29) is 5.69 Å². The number of nitrogens with one attached hydrogen (secondary N) is 1. The van der Waals surface area contributed by atoms with Gasteiger partial charge in [-0.05, 0) is 32.5 Å². The second-order valence-electron chi connectivity index (χ2n) is 4.38. The van der Waals surface area contributed by atoms with Crippen molar-refractivity contribution in [1.29, 1.82) is 0 Å². The maximum atomic E-state index is 10.8. The molecular weight excluding hydrogens is 230 g/mol. The van der Waals surface area contributed by atoms with Crippen molar-refractivity contribution in [2.75, 3.05) is 25.5 Å². The zero-order chi connectivity index (χ0) is 13.5. The Morgan fingerprint density at radius 2 is 2.28 bits per heavy atom. The number of carboxylic acids is 1. The van der Waals surface area contributed by atoms with Crippen molar-refractivity contribution in [2.24, 2.45) is 0 Å². The third-order valence-electron chi connectivity index (χ3n) is 3.08. The van der Waals surface area contributed by atoms with Crippen LogP contribution in [-0.2, 0) is 0 Å². The summed E-state index contributed by atoms with van der Waals surface area (Å²) in [5.74, 6) is -0.400. The third kappa shape index (κ3) is 4.33. The molecule has 1 atom stereocenters. The van der Waals surface area contributed by atoms with Crippen LogP contribution in [0.25, 0.3) is 0 Å². The van der Waals surface area contributed by atoms with Crippen LogP contribution in [0.1, 0.15) is 30.8 Å². The number of anilines is 1. The van der Waals surface area contributed by atoms with E-state index in [1.165, 1.54) is 6.07 Å². The number of carboxylic acid groups (broad SMARTS) is 1. The zero-order valence-electron chi connectivity index (χ0n) is 11.2. The van der Waals surface area contributed by atoms with E-state index < -0.39 is 5.97 Å². The zero-order valence-corrected chi connectivity index (χ0v) is 11.2. The molecule has 1 aromatic heterocycles. The molecule has 1 unspecified atom stereocenters. The second kappa shape index (κ2) is 6.96. The highest BCUT2D eigenvalue weighted by molar-refractivity contribution is 5.85. The summed E-state index contributed by atoms with van der Waals surface area (Å²) in [6.45, 7) is 5.99. The summed E-state index contributed by atoms with van der Waals surface area (Å²) in [7, 11) is 2.08. The van der Waals surface area contributed by atoms with Gasteiger partial charge in [0.1, 0.15) is 5.82 Å². The highest BCUT2D eigenvalue weighted by atomic mass is 16.4. The molecule has 100 valence electrons. The van der Waals surface area contributed by atoms with Gasteiger partial charge in [0.25, 0.3) is 0 Å². The van der Waals surface area contributed by atoms with Gasteiger partial charge in [0.2, 0.25) is 0 Å². The Balaban J connectivity index is 2.44. The number of nitrogens with zero attached hydrogens (tertiary/aromatic N) is 2. The predicted molar refractivity (Wildman–Crippen MR) is 72.1 cm³/mol. The molecule has 0 bridgehead atoms. The van der Waals surface area contributed by atoms with Gasteiger partial charge in [-0.25, -0.2) is 9.78 Å².